The van der Waals surface area contributed by atoms with Crippen LogP contribution in [0.25, 0.3) is 0 Å². The largest absolute Gasteiger partial charge is 0.478 e. The van der Waals surface area contributed by atoms with Gasteiger partial charge in [-0.2, -0.15) is 0 Å². The molecule has 1 N–H and O–H groups in total. The molecule has 0 radical (unpaired) electrons. The molecule has 0 spiro atoms. The van der Waals surface area contributed by atoms with Gasteiger partial charge in [0.05, 0.1) is 27.9 Å². The van der Waals surface area contributed by atoms with Crippen LogP contribution in [0.5, 0.6) is 11.6 Å². The Balaban J connectivity index is 2.37. The number of carboxylic acid groups (broad SMARTS) is 1. The zero-order valence-electron chi connectivity index (χ0n) is 9.69. The van der Waals surface area contributed by atoms with Gasteiger partial charge >= 0.3 is 11.7 Å². The van der Waals surface area contributed by atoms with Gasteiger partial charge in [0.15, 0.2) is 0 Å². The van der Waals surface area contributed by atoms with Crippen molar-refractivity contribution in [1.82, 2.24) is 9.97 Å². The maximum atomic E-state index is 10.9. The molecule has 0 bridgehead atoms. The topological polar surface area (TPSA) is 115 Å². The number of carbonyl (C=O) groups is 1. The molecule has 2 heterocycles. The lowest BCUT2D eigenvalue weighted by Crippen LogP contribution is -1.99. The maximum Gasteiger partial charge on any atom is 0.337 e. The molecule has 0 aliphatic rings. The van der Waals surface area contributed by atoms with Gasteiger partial charge < -0.3 is 9.84 Å². The van der Waals surface area contributed by atoms with Crippen LogP contribution >= 0.6 is 11.6 Å². The van der Waals surface area contributed by atoms with Gasteiger partial charge in [0.1, 0.15) is 5.75 Å². The first-order chi connectivity index (χ1) is 9.47. The SMILES string of the molecule is O=C(O)c1cncc(Oc2ncc(Cl)cc2[N+](=O)[O-])c1. The van der Waals surface area contributed by atoms with E-state index >= 15 is 0 Å². The van der Waals surface area contributed by atoms with Crippen LogP contribution < -0.4 is 4.74 Å². The van der Waals surface area contributed by atoms with Gasteiger partial charge in [0.25, 0.3) is 5.88 Å². The fourth-order valence-electron chi connectivity index (χ4n) is 1.33. The summed E-state index contributed by atoms with van der Waals surface area (Å²) in [4.78, 5) is 28.3. The third-order valence-corrected chi connectivity index (χ3v) is 2.38. The van der Waals surface area contributed by atoms with E-state index in [0.29, 0.717) is 0 Å². The summed E-state index contributed by atoms with van der Waals surface area (Å²) in [5, 5.41) is 19.8. The van der Waals surface area contributed by atoms with Crippen LogP contribution in [0.4, 0.5) is 5.69 Å². The van der Waals surface area contributed by atoms with E-state index < -0.39 is 16.6 Å². The lowest BCUT2D eigenvalue weighted by Gasteiger charge is -2.05. The highest BCUT2D eigenvalue weighted by Crippen LogP contribution is 2.30. The van der Waals surface area contributed by atoms with Gasteiger partial charge in [-0.05, 0) is 6.07 Å². The Bertz CT molecular complexity index is 692. The Morgan fingerprint density at radius 3 is 2.75 bits per heavy atom. The first kappa shape index (κ1) is 13.7. The number of pyridine rings is 2. The molecule has 0 saturated heterocycles. The Morgan fingerprint density at radius 2 is 2.10 bits per heavy atom. The van der Waals surface area contributed by atoms with Gasteiger partial charge in [0.2, 0.25) is 0 Å². The smallest absolute Gasteiger partial charge is 0.337 e. The summed E-state index contributed by atoms with van der Waals surface area (Å²) in [5.74, 6) is -1.48. The summed E-state index contributed by atoms with van der Waals surface area (Å²) in [6, 6.07) is 2.26. The first-order valence-corrected chi connectivity index (χ1v) is 5.51. The predicted molar refractivity (Wildman–Crippen MR) is 67.2 cm³/mol. The van der Waals surface area contributed by atoms with Crippen molar-refractivity contribution >= 4 is 23.3 Å². The minimum absolute atomic E-state index is 0.0165. The lowest BCUT2D eigenvalue weighted by molar-refractivity contribution is -0.386. The van der Waals surface area contributed by atoms with Crippen molar-refractivity contribution in [3.63, 3.8) is 0 Å². The van der Waals surface area contributed by atoms with Gasteiger partial charge in [0, 0.05) is 12.3 Å². The zero-order valence-corrected chi connectivity index (χ0v) is 10.4. The van der Waals surface area contributed by atoms with E-state index in [1.165, 1.54) is 18.5 Å². The average Bonchev–Trinajstić information content (AvgIpc) is 2.41. The number of ether oxygens (including phenoxy) is 1. The second-order valence-electron chi connectivity index (χ2n) is 3.55. The third-order valence-electron chi connectivity index (χ3n) is 2.17. The zero-order chi connectivity index (χ0) is 14.7. The third kappa shape index (κ3) is 2.98. The van der Waals surface area contributed by atoms with E-state index in [1.54, 1.807) is 0 Å². The molecule has 0 aliphatic heterocycles. The maximum absolute atomic E-state index is 10.9. The minimum Gasteiger partial charge on any atom is -0.478 e. The number of nitrogens with zero attached hydrogens (tertiary/aromatic N) is 3. The van der Waals surface area contributed by atoms with Crippen LogP contribution in [0.1, 0.15) is 10.4 Å². The van der Waals surface area contributed by atoms with Crippen LogP contribution in [0, 0.1) is 10.1 Å². The number of rotatable bonds is 4. The summed E-state index contributed by atoms with van der Waals surface area (Å²) in [6.07, 6.45) is 3.52. The molecule has 102 valence electrons. The molecule has 0 unspecified atom stereocenters. The van der Waals surface area contributed by atoms with Crippen LogP contribution in [0.2, 0.25) is 5.02 Å². The standard InChI is InChI=1S/C11H6ClN3O5/c12-7-2-9(15(18)19)10(14-4-7)20-8-1-6(11(16)17)3-13-5-8/h1-5H,(H,16,17). The minimum atomic E-state index is -1.19. The highest BCUT2D eigenvalue weighted by Gasteiger charge is 2.19. The predicted octanol–water partition coefficient (Wildman–Crippen LogP) is 2.53. The van der Waals surface area contributed by atoms with Crippen LogP contribution in [-0.2, 0) is 0 Å². The number of hydrogen-bond acceptors (Lipinski definition) is 6. The van der Waals surface area contributed by atoms with Crippen molar-refractivity contribution < 1.29 is 19.6 Å². The van der Waals surface area contributed by atoms with E-state index in [4.69, 9.17) is 21.4 Å². The molecular formula is C11H6ClN3O5. The Hall–Kier alpha value is -2.74. The van der Waals surface area contributed by atoms with Crippen molar-refractivity contribution in [2.45, 2.75) is 0 Å². The summed E-state index contributed by atoms with van der Waals surface area (Å²) in [7, 11) is 0. The Labute approximate surface area is 116 Å². The van der Waals surface area contributed by atoms with E-state index in [0.717, 1.165) is 12.3 Å². The fourth-order valence-corrected chi connectivity index (χ4v) is 1.48. The molecule has 0 aromatic carbocycles. The molecular weight excluding hydrogens is 290 g/mol. The molecule has 0 atom stereocenters. The van der Waals surface area contributed by atoms with E-state index in [2.05, 4.69) is 9.97 Å². The van der Waals surface area contributed by atoms with Crippen LogP contribution in [0.15, 0.2) is 30.7 Å². The van der Waals surface area contributed by atoms with Gasteiger partial charge in [-0.1, -0.05) is 11.6 Å². The highest BCUT2D eigenvalue weighted by atomic mass is 35.5. The summed E-state index contributed by atoms with van der Waals surface area (Å²) >= 11 is 5.62. The number of halogens is 1. The monoisotopic (exact) mass is 295 g/mol. The van der Waals surface area contributed by atoms with E-state index in [1.807, 2.05) is 0 Å². The number of aromatic carboxylic acids is 1. The van der Waals surface area contributed by atoms with Gasteiger partial charge in [-0.3, -0.25) is 15.1 Å². The fraction of sp³-hybridized carbons (Fsp3) is 0. The van der Waals surface area contributed by atoms with Crippen LogP contribution in [-0.4, -0.2) is 26.0 Å². The molecule has 0 amide bonds. The molecule has 0 saturated carbocycles. The number of carboxylic acids is 1. The molecule has 0 fully saturated rings. The molecule has 2 aromatic rings. The molecule has 9 heteroatoms. The van der Waals surface area contributed by atoms with Gasteiger partial charge in [-0.25, -0.2) is 9.78 Å². The summed E-state index contributed by atoms with van der Waals surface area (Å²) < 4.78 is 5.18. The van der Waals surface area contributed by atoms with Crippen molar-refractivity contribution in [2.24, 2.45) is 0 Å². The highest BCUT2D eigenvalue weighted by molar-refractivity contribution is 6.30. The average molecular weight is 296 g/mol. The number of nitro groups is 1. The molecule has 2 aromatic heterocycles. The first-order valence-electron chi connectivity index (χ1n) is 5.13. The van der Waals surface area contributed by atoms with E-state index in [9.17, 15) is 14.9 Å². The molecule has 0 aliphatic carbocycles. The Kier molecular flexibility index (Phi) is 3.76. The molecule has 8 nitrogen and oxygen atoms in total. The van der Waals surface area contributed by atoms with Crippen molar-refractivity contribution in [3.05, 3.63) is 51.4 Å². The second-order valence-corrected chi connectivity index (χ2v) is 3.99. The van der Waals surface area contributed by atoms with Gasteiger partial charge in [-0.15, -0.1) is 0 Å². The number of hydrogen-bond donors (Lipinski definition) is 1. The van der Waals surface area contributed by atoms with Crippen molar-refractivity contribution in [2.75, 3.05) is 0 Å². The second kappa shape index (κ2) is 5.49. The van der Waals surface area contributed by atoms with Crippen LogP contribution in [0.3, 0.4) is 0 Å². The number of aromatic nitrogens is 2. The molecule has 20 heavy (non-hydrogen) atoms. The quantitative estimate of drug-likeness (QED) is 0.680. The summed E-state index contributed by atoms with van der Waals surface area (Å²) in [6.45, 7) is 0. The lowest BCUT2D eigenvalue weighted by atomic mass is 10.3. The van der Waals surface area contributed by atoms with Crippen molar-refractivity contribution in [1.29, 1.82) is 0 Å². The summed E-state index contributed by atoms with van der Waals surface area (Å²) in [5.41, 5.74) is -0.544. The Morgan fingerprint density at radius 1 is 1.35 bits per heavy atom. The normalized spacial score (nSPS) is 10.1. The van der Waals surface area contributed by atoms with Crippen molar-refractivity contribution in [3.8, 4) is 11.6 Å². The van der Waals surface area contributed by atoms with E-state index in [-0.39, 0.29) is 22.2 Å². The molecule has 2 rings (SSSR count).